The third-order valence-corrected chi connectivity index (χ3v) is 5.33. The Bertz CT molecular complexity index is 949. The first-order chi connectivity index (χ1) is 12.0. The fourth-order valence-corrected chi connectivity index (χ4v) is 4.20. The van der Waals surface area contributed by atoms with Crippen molar-refractivity contribution >= 4 is 17.4 Å². The molecule has 0 aliphatic heterocycles. The lowest BCUT2D eigenvalue weighted by molar-refractivity contribution is -0.385. The minimum atomic E-state index is -0.647. The quantitative estimate of drug-likeness (QED) is 0.512. The largest absolute Gasteiger partial charge is 0.316 e. The van der Waals surface area contributed by atoms with E-state index in [1.54, 1.807) is 0 Å². The molecular weight excluding hydrogens is 345 g/mol. The van der Waals surface area contributed by atoms with Gasteiger partial charge in [-0.1, -0.05) is 6.07 Å². The lowest BCUT2D eigenvalue weighted by Gasteiger charge is -2.19. The molecule has 1 aromatic carbocycles. The molecule has 0 radical (unpaired) electrons. The lowest BCUT2D eigenvalue weighted by atomic mass is 9.90. The first kappa shape index (κ1) is 17.2. The summed E-state index contributed by atoms with van der Waals surface area (Å²) in [4.78, 5) is 25.3. The molecule has 8 heteroatoms. The summed E-state index contributed by atoms with van der Waals surface area (Å²) in [5.41, 5.74) is 1.03. The van der Waals surface area contributed by atoms with Crippen molar-refractivity contribution in [3.8, 4) is 6.07 Å². The molecule has 0 fully saturated rings. The highest BCUT2D eigenvalue weighted by molar-refractivity contribution is 7.98. The van der Waals surface area contributed by atoms with Crippen molar-refractivity contribution in [1.29, 1.82) is 5.26 Å². The van der Waals surface area contributed by atoms with Gasteiger partial charge in [-0.2, -0.15) is 5.26 Å². The minimum absolute atomic E-state index is 0.00716. The van der Waals surface area contributed by atoms with E-state index in [0.29, 0.717) is 11.4 Å². The van der Waals surface area contributed by atoms with Gasteiger partial charge in [0.05, 0.1) is 15.5 Å². The van der Waals surface area contributed by atoms with E-state index >= 15 is 0 Å². The number of nitrogens with one attached hydrogen (secondary N) is 1. The van der Waals surface area contributed by atoms with Crippen molar-refractivity contribution in [3.63, 3.8) is 0 Å². The molecule has 6 nitrogen and oxygen atoms in total. The van der Waals surface area contributed by atoms with Crippen LogP contribution in [0.15, 0.2) is 28.0 Å². The van der Waals surface area contributed by atoms with E-state index in [-0.39, 0.29) is 22.6 Å². The third kappa shape index (κ3) is 3.28. The standard InChI is InChI=1S/C17H14FN3O3S/c18-14-6-3-7-15(21(23)24)13(14)9-25-17-11-5-2-1-4-10(11)12(8-19)16(22)20-17/h3,6-7H,1-2,4-5,9H2,(H,20,22). The molecule has 0 saturated carbocycles. The number of nitriles is 1. The summed E-state index contributed by atoms with van der Waals surface area (Å²) < 4.78 is 14.0. The second-order valence-corrected chi connectivity index (χ2v) is 6.70. The predicted octanol–water partition coefficient (Wildman–Crippen LogP) is 3.46. The molecule has 0 spiro atoms. The first-order valence-corrected chi connectivity index (χ1v) is 8.74. The molecule has 3 rings (SSSR count). The average Bonchev–Trinajstić information content (AvgIpc) is 2.60. The number of halogens is 1. The minimum Gasteiger partial charge on any atom is -0.316 e. The summed E-state index contributed by atoms with van der Waals surface area (Å²) in [5.74, 6) is -0.622. The van der Waals surface area contributed by atoms with Gasteiger partial charge in [-0.3, -0.25) is 14.9 Å². The number of aromatic amines is 1. The molecular formula is C17H14FN3O3S. The number of rotatable bonds is 4. The van der Waals surface area contributed by atoms with Gasteiger partial charge in [0.2, 0.25) is 0 Å². The number of H-pyrrole nitrogens is 1. The number of nitro groups is 1. The van der Waals surface area contributed by atoms with E-state index < -0.39 is 16.3 Å². The zero-order chi connectivity index (χ0) is 18.0. The van der Waals surface area contributed by atoms with Crippen molar-refractivity contribution in [2.45, 2.75) is 36.5 Å². The fourth-order valence-electron chi connectivity index (χ4n) is 3.06. The maximum Gasteiger partial charge on any atom is 0.276 e. The van der Waals surface area contributed by atoms with Gasteiger partial charge in [-0.05, 0) is 42.9 Å². The Morgan fingerprint density at radius 2 is 2.04 bits per heavy atom. The third-order valence-electron chi connectivity index (χ3n) is 4.26. The molecule has 0 unspecified atom stereocenters. The maximum atomic E-state index is 14.0. The second kappa shape index (κ2) is 7.07. The van der Waals surface area contributed by atoms with Gasteiger partial charge < -0.3 is 4.98 Å². The number of benzene rings is 1. The number of hydrogen-bond acceptors (Lipinski definition) is 5. The number of aromatic nitrogens is 1. The molecule has 2 aromatic rings. The molecule has 0 amide bonds. The number of nitrogens with zero attached hydrogens (tertiary/aromatic N) is 2. The Labute approximate surface area is 146 Å². The smallest absolute Gasteiger partial charge is 0.276 e. The normalized spacial score (nSPS) is 13.1. The molecule has 0 saturated heterocycles. The van der Waals surface area contributed by atoms with Crippen molar-refractivity contribution in [1.82, 2.24) is 4.98 Å². The number of fused-ring (bicyclic) bond motifs is 1. The van der Waals surface area contributed by atoms with Gasteiger partial charge in [0.1, 0.15) is 17.4 Å². The van der Waals surface area contributed by atoms with Crippen molar-refractivity contribution in [2.24, 2.45) is 0 Å². The van der Waals surface area contributed by atoms with Gasteiger partial charge in [-0.25, -0.2) is 4.39 Å². The van der Waals surface area contributed by atoms with E-state index in [9.17, 15) is 24.6 Å². The fraction of sp³-hybridized carbons (Fsp3) is 0.294. The summed E-state index contributed by atoms with van der Waals surface area (Å²) in [6, 6.07) is 5.69. The molecule has 25 heavy (non-hydrogen) atoms. The van der Waals surface area contributed by atoms with Crippen LogP contribution in [0.2, 0.25) is 0 Å². The Balaban J connectivity index is 1.98. The number of hydrogen-bond donors (Lipinski definition) is 1. The van der Waals surface area contributed by atoms with Crippen LogP contribution in [0, 0.1) is 27.3 Å². The van der Waals surface area contributed by atoms with Crippen LogP contribution in [0.4, 0.5) is 10.1 Å². The molecule has 1 aliphatic rings. The van der Waals surface area contributed by atoms with Crippen molar-refractivity contribution in [3.05, 3.63) is 66.7 Å². The molecule has 0 atom stereocenters. The van der Waals surface area contributed by atoms with E-state index in [4.69, 9.17) is 0 Å². The van der Waals surface area contributed by atoms with Gasteiger partial charge in [0.15, 0.2) is 0 Å². The Kier molecular flexibility index (Phi) is 4.86. The maximum absolute atomic E-state index is 14.0. The summed E-state index contributed by atoms with van der Waals surface area (Å²) in [7, 11) is 0. The zero-order valence-corrected chi connectivity index (χ0v) is 14.0. The van der Waals surface area contributed by atoms with Crippen LogP contribution < -0.4 is 5.56 Å². The summed E-state index contributed by atoms with van der Waals surface area (Å²) in [5, 5.41) is 20.9. The molecule has 0 bridgehead atoms. The van der Waals surface area contributed by atoms with E-state index in [1.807, 2.05) is 6.07 Å². The van der Waals surface area contributed by atoms with Crippen LogP contribution in [0.25, 0.3) is 0 Å². The Morgan fingerprint density at radius 3 is 2.72 bits per heavy atom. The number of pyridine rings is 1. The van der Waals surface area contributed by atoms with Gasteiger partial charge >= 0.3 is 0 Å². The topological polar surface area (TPSA) is 99.8 Å². The highest BCUT2D eigenvalue weighted by Crippen LogP contribution is 2.34. The van der Waals surface area contributed by atoms with Gasteiger partial charge in [0.25, 0.3) is 11.2 Å². The van der Waals surface area contributed by atoms with Gasteiger partial charge in [-0.15, -0.1) is 11.8 Å². The van der Waals surface area contributed by atoms with E-state index in [1.165, 1.54) is 18.2 Å². The first-order valence-electron chi connectivity index (χ1n) is 7.75. The predicted molar refractivity (Wildman–Crippen MR) is 91.0 cm³/mol. The van der Waals surface area contributed by atoms with Crippen LogP contribution in [-0.4, -0.2) is 9.91 Å². The van der Waals surface area contributed by atoms with Crippen molar-refractivity contribution < 1.29 is 9.31 Å². The Morgan fingerprint density at radius 1 is 1.32 bits per heavy atom. The molecule has 128 valence electrons. The highest BCUT2D eigenvalue weighted by atomic mass is 32.2. The number of thioether (sulfide) groups is 1. The molecule has 1 aliphatic carbocycles. The summed E-state index contributed by atoms with van der Waals surface area (Å²) in [6.07, 6.45) is 3.24. The van der Waals surface area contributed by atoms with Crippen LogP contribution in [-0.2, 0) is 18.6 Å². The van der Waals surface area contributed by atoms with E-state index in [0.717, 1.165) is 42.2 Å². The van der Waals surface area contributed by atoms with Crippen LogP contribution in [0.1, 0.15) is 35.1 Å². The molecule has 1 aromatic heterocycles. The summed E-state index contributed by atoms with van der Waals surface area (Å²) in [6.45, 7) is 0. The van der Waals surface area contributed by atoms with Crippen molar-refractivity contribution in [2.75, 3.05) is 0 Å². The monoisotopic (exact) mass is 359 g/mol. The van der Waals surface area contributed by atoms with Crippen LogP contribution in [0.5, 0.6) is 0 Å². The Hall–Kier alpha value is -2.66. The average molecular weight is 359 g/mol. The number of nitro benzene ring substituents is 1. The summed E-state index contributed by atoms with van der Waals surface area (Å²) >= 11 is 1.16. The second-order valence-electron chi connectivity index (χ2n) is 5.72. The van der Waals surface area contributed by atoms with Gasteiger partial charge in [0, 0.05) is 11.8 Å². The van der Waals surface area contributed by atoms with E-state index in [2.05, 4.69) is 4.98 Å². The zero-order valence-electron chi connectivity index (χ0n) is 13.2. The van der Waals surface area contributed by atoms with Crippen LogP contribution in [0.3, 0.4) is 0 Å². The van der Waals surface area contributed by atoms with Crippen LogP contribution >= 0.6 is 11.8 Å². The molecule has 1 N–H and O–H groups in total. The SMILES string of the molecule is N#Cc1c2c(c(SCc3c(F)cccc3[N+](=O)[O-])[nH]c1=O)CCCC2. The lowest BCUT2D eigenvalue weighted by Crippen LogP contribution is -2.20. The highest BCUT2D eigenvalue weighted by Gasteiger charge is 2.23. The molecule has 1 heterocycles.